The molecule has 0 unspecified atom stereocenters. The number of rotatable bonds is 3. The van der Waals surface area contributed by atoms with Gasteiger partial charge in [0.25, 0.3) is 0 Å². The molecule has 0 aliphatic carbocycles. The normalized spacial score (nSPS) is 14.2. The second kappa shape index (κ2) is 6.24. The minimum atomic E-state index is -3.50. The first-order valence-electron chi connectivity index (χ1n) is 7.21. The molecule has 0 fully saturated rings. The topological polar surface area (TPSA) is 29.5 Å². The van der Waals surface area contributed by atoms with E-state index in [0.717, 1.165) is 16.9 Å². The van der Waals surface area contributed by atoms with E-state index in [1.54, 1.807) is 0 Å². The van der Waals surface area contributed by atoms with Gasteiger partial charge in [0.1, 0.15) is 0 Å². The fraction of sp³-hybridized carbons (Fsp3) is 0.625. The van der Waals surface area contributed by atoms with Crippen LogP contribution in [0.3, 0.4) is 0 Å². The first-order chi connectivity index (χ1) is 9.28. The average Bonchev–Trinajstić information content (AvgIpc) is 2.24. The zero-order valence-electron chi connectivity index (χ0n) is 14.0. The predicted molar refractivity (Wildman–Crippen MR) is 96.9 cm³/mol. The summed E-state index contributed by atoms with van der Waals surface area (Å²) in [6, 6.07) is 3.91. The van der Waals surface area contributed by atoms with Crippen LogP contribution in [-0.2, 0) is 10.8 Å². The Balaban J connectivity index is 3.79. The van der Waals surface area contributed by atoms with Gasteiger partial charge in [0.05, 0.1) is 0 Å². The van der Waals surface area contributed by atoms with Crippen molar-refractivity contribution in [2.24, 2.45) is 0 Å². The van der Waals surface area contributed by atoms with E-state index in [1.165, 1.54) is 0 Å². The Bertz CT molecular complexity index is 473. The summed E-state index contributed by atoms with van der Waals surface area (Å²) in [7, 11) is 0. The van der Waals surface area contributed by atoms with Crippen LogP contribution in [0.2, 0.25) is 0 Å². The van der Waals surface area contributed by atoms with Crippen molar-refractivity contribution < 1.29 is 9.63 Å². The zero-order valence-corrected chi connectivity index (χ0v) is 16.5. The summed E-state index contributed by atoms with van der Waals surface area (Å²) in [5.74, 6) is 0.794. The Morgan fingerprint density at radius 1 is 1.00 bits per heavy atom. The van der Waals surface area contributed by atoms with Gasteiger partial charge in [-0.05, 0) is 0 Å². The van der Waals surface area contributed by atoms with Crippen LogP contribution in [0.25, 0.3) is 0 Å². The van der Waals surface area contributed by atoms with Crippen LogP contribution < -0.4 is 10.0 Å². The van der Waals surface area contributed by atoms with E-state index in [2.05, 4.69) is 41.5 Å². The maximum atomic E-state index is 10.4. The molecule has 122 valence electrons. The molecule has 0 amide bonds. The van der Waals surface area contributed by atoms with Gasteiger partial charge in [0.15, 0.2) is 0 Å². The molecule has 0 aliphatic rings. The van der Waals surface area contributed by atoms with Crippen molar-refractivity contribution in [2.75, 3.05) is 6.61 Å². The molecule has 0 saturated carbocycles. The monoisotopic (exact) mass is 352 g/mol. The van der Waals surface area contributed by atoms with Crippen molar-refractivity contribution in [3.63, 3.8) is 0 Å². The molecule has 0 saturated heterocycles. The number of hydrogen-bond donors (Lipinski definition) is 1. The summed E-state index contributed by atoms with van der Waals surface area (Å²) in [5, 5.41) is 0.703. The third kappa shape index (κ3) is 4.73. The van der Waals surface area contributed by atoms with E-state index in [4.69, 9.17) is 27.2 Å². The van der Waals surface area contributed by atoms with Crippen molar-refractivity contribution in [1.82, 2.24) is 0 Å². The molecule has 5 heteroatoms. The van der Waals surface area contributed by atoms with Gasteiger partial charge in [-0.2, -0.15) is 0 Å². The zero-order chi connectivity index (χ0) is 16.6. The molecule has 1 aromatic rings. The Morgan fingerprint density at radius 3 is 1.62 bits per heavy atom. The van der Waals surface area contributed by atoms with Crippen LogP contribution in [-0.4, -0.2) is 11.5 Å². The molecule has 0 bridgehead atoms. The maximum absolute atomic E-state index is 10.4. The van der Waals surface area contributed by atoms with E-state index in [-0.39, 0.29) is 10.8 Å². The van der Waals surface area contributed by atoms with Gasteiger partial charge < -0.3 is 0 Å². The molecule has 0 aliphatic heterocycles. The quantitative estimate of drug-likeness (QED) is 0.750. The molecule has 21 heavy (non-hydrogen) atoms. The standard InChI is InChI=1S/C16H27Cl2O2P/c1-8-20-11-9-12(15(2,3)4)14(21(17,18)19)13(10-11)16(5,6)7/h9-10,19,21H,8H2,1-7H3. The summed E-state index contributed by atoms with van der Waals surface area (Å²) in [6.45, 7) is 15.1. The van der Waals surface area contributed by atoms with Gasteiger partial charge in [0, 0.05) is 0 Å². The van der Waals surface area contributed by atoms with Gasteiger partial charge >= 0.3 is 139 Å². The van der Waals surface area contributed by atoms with Crippen LogP contribution >= 0.6 is 28.7 Å². The molecular weight excluding hydrogens is 326 g/mol. The molecule has 0 radical (unpaired) electrons. The Morgan fingerprint density at radius 2 is 1.38 bits per heavy atom. The molecular formula is C16H27Cl2O2P. The van der Waals surface area contributed by atoms with Gasteiger partial charge in [-0.3, -0.25) is 0 Å². The molecule has 0 heterocycles. The first kappa shape index (κ1) is 19.0. The molecule has 0 spiro atoms. The summed E-state index contributed by atoms with van der Waals surface area (Å²) in [6.07, 6.45) is -3.50. The van der Waals surface area contributed by atoms with Crippen molar-refractivity contribution in [3.8, 4) is 5.75 Å². The van der Waals surface area contributed by atoms with Gasteiger partial charge in [-0.1, -0.05) is 0 Å². The van der Waals surface area contributed by atoms with Crippen LogP contribution in [0.15, 0.2) is 12.1 Å². The van der Waals surface area contributed by atoms with Crippen LogP contribution in [0.4, 0.5) is 0 Å². The van der Waals surface area contributed by atoms with Crippen LogP contribution in [0, 0.1) is 0 Å². The first-order valence-corrected chi connectivity index (χ1v) is 11.2. The third-order valence-electron chi connectivity index (χ3n) is 3.34. The van der Waals surface area contributed by atoms with E-state index in [0.29, 0.717) is 11.9 Å². The Hall–Kier alpha value is -0.0100. The number of hydrogen-bond acceptors (Lipinski definition) is 2. The third-order valence-corrected chi connectivity index (χ3v) is 5.61. The molecule has 1 rings (SSSR count). The second-order valence-corrected chi connectivity index (χ2v) is 12.8. The van der Waals surface area contributed by atoms with E-state index in [1.807, 2.05) is 19.1 Å². The Kier molecular flexibility index (Phi) is 5.66. The van der Waals surface area contributed by atoms with Crippen molar-refractivity contribution in [3.05, 3.63) is 23.3 Å². The second-order valence-electron chi connectivity index (χ2n) is 7.37. The fourth-order valence-corrected chi connectivity index (χ4v) is 5.14. The molecule has 0 atom stereocenters. The summed E-state index contributed by atoms with van der Waals surface area (Å²) in [4.78, 5) is 10.4. The fourth-order valence-electron chi connectivity index (χ4n) is 2.37. The van der Waals surface area contributed by atoms with Crippen molar-refractivity contribution in [2.45, 2.75) is 59.3 Å². The van der Waals surface area contributed by atoms with Gasteiger partial charge in [-0.25, -0.2) is 0 Å². The summed E-state index contributed by atoms with van der Waals surface area (Å²) in [5.41, 5.74) is 1.54. The molecule has 1 aromatic carbocycles. The average molecular weight is 353 g/mol. The molecule has 0 aromatic heterocycles. The molecule has 2 nitrogen and oxygen atoms in total. The minimum absolute atomic E-state index is 0.187. The number of halogens is 2. The molecule has 1 N–H and O–H groups in total. The predicted octanol–water partition coefficient (Wildman–Crippen LogP) is 5.27. The van der Waals surface area contributed by atoms with Gasteiger partial charge in [-0.15, -0.1) is 0 Å². The van der Waals surface area contributed by atoms with Crippen LogP contribution in [0.5, 0.6) is 5.75 Å². The van der Waals surface area contributed by atoms with Crippen molar-refractivity contribution in [1.29, 1.82) is 0 Å². The van der Waals surface area contributed by atoms with Crippen molar-refractivity contribution >= 4 is 34.0 Å². The summed E-state index contributed by atoms with van der Waals surface area (Å²) < 4.78 is 5.69. The SMILES string of the molecule is CCOc1cc(C(C)(C)C)c([PH](O)(Cl)Cl)c(C(C)(C)C)c1. The number of ether oxygens (including phenoxy) is 1. The number of benzene rings is 1. The van der Waals surface area contributed by atoms with Crippen LogP contribution in [0.1, 0.15) is 59.6 Å². The Labute approximate surface area is 138 Å². The van der Waals surface area contributed by atoms with E-state index in [9.17, 15) is 4.89 Å². The summed E-state index contributed by atoms with van der Waals surface area (Å²) >= 11 is 12.5. The van der Waals surface area contributed by atoms with E-state index < -0.39 is 6.19 Å². The van der Waals surface area contributed by atoms with Gasteiger partial charge in [0.2, 0.25) is 0 Å². The van der Waals surface area contributed by atoms with E-state index >= 15 is 0 Å².